The predicted octanol–water partition coefficient (Wildman–Crippen LogP) is 1.96. The molecule has 0 fully saturated rings. The second-order valence-electron chi connectivity index (χ2n) is 3.26. The third kappa shape index (κ3) is 1.71. The first-order chi connectivity index (χ1) is 6.75. The Morgan fingerprint density at radius 3 is 2.07 bits per heavy atom. The lowest BCUT2D eigenvalue weighted by molar-refractivity contribution is 0.612. The molecule has 0 aromatic heterocycles. The second-order valence-corrected chi connectivity index (χ2v) is 3.26. The molecule has 0 unspecified atom stereocenters. The number of nitrogens with two attached hydrogens (primary N) is 1. The van der Waals surface area contributed by atoms with Crippen LogP contribution < -0.4 is 10.6 Å². The molecule has 0 saturated carbocycles. The molecule has 0 radical (unpaired) electrons. The van der Waals surface area contributed by atoms with Crippen LogP contribution >= 0.6 is 0 Å². The van der Waals surface area contributed by atoms with Crippen LogP contribution in [0.25, 0.3) is 0 Å². The molecular formula is C11H13N3. The topological polar surface area (TPSA) is 32.5 Å². The smallest absolute Gasteiger partial charge is 0.0452 e. The van der Waals surface area contributed by atoms with Gasteiger partial charge < -0.3 is 15.5 Å². The summed E-state index contributed by atoms with van der Waals surface area (Å²) in [6, 6.07) is 7.79. The van der Waals surface area contributed by atoms with Crippen LogP contribution in [-0.4, -0.2) is 11.9 Å². The van der Waals surface area contributed by atoms with Crippen LogP contribution in [0.2, 0.25) is 0 Å². The first-order valence-electron chi connectivity index (χ1n) is 4.48. The quantitative estimate of drug-likeness (QED) is 0.682. The Labute approximate surface area is 83.7 Å². The van der Waals surface area contributed by atoms with E-state index in [1.807, 2.05) is 65.9 Å². The van der Waals surface area contributed by atoms with Gasteiger partial charge in [-0.1, -0.05) is 0 Å². The van der Waals surface area contributed by atoms with Gasteiger partial charge in [0.05, 0.1) is 0 Å². The van der Waals surface area contributed by atoms with Crippen molar-refractivity contribution in [2.75, 3.05) is 17.7 Å². The maximum absolute atomic E-state index is 5.62. The maximum atomic E-state index is 5.62. The van der Waals surface area contributed by atoms with E-state index < -0.39 is 0 Å². The van der Waals surface area contributed by atoms with Gasteiger partial charge in [0.2, 0.25) is 0 Å². The lowest BCUT2D eigenvalue weighted by atomic mass is 10.2. The molecule has 3 heteroatoms. The van der Waals surface area contributed by atoms with Crippen LogP contribution in [0, 0.1) is 0 Å². The molecule has 0 atom stereocenters. The number of benzene rings is 1. The van der Waals surface area contributed by atoms with E-state index in [1.54, 1.807) is 0 Å². The SMILES string of the molecule is CN1C=CN(c2ccc(N)cc2)C=C1. The summed E-state index contributed by atoms with van der Waals surface area (Å²) in [5.74, 6) is 0. The van der Waals surface area contributed by atoms with Crippen molar-refractivity contribution in [3.05, 3.63) is 49.1 Å². The Hall–Kier alpha value is -1.90. The Morgan fingerprint density at radius 1 is 0.929 bits per heavy atom. The van der Waals surface area contributed by atoms with Crippen LogP contribution in [0.15, 0.2) is 49.1 Å². The zero-order valence-corrected chi connectivity index (χ0v) is 8.09. The van der Waals surface area contributed by atoms with Gasteiger partial charge in [-0.05, 0) is 24.3 Å². The molecule has 1 aromatic carbocycles. The molecule has 3 nitrogen and oxygen atoms in total. The van der Waals surface area contributed by atoms with Crippen LogP contribution in [-0.2, 0) is 0 Å². The molecule has 14 heavy (non-hydrogen) atoms. The zero-order valence-electron chi connectivity index (χ0n) is 8.09. The summed E-state index contributed by atoms with van der Waals surface area (Å²) >= 11 is 0. The van der Waals surface area contributed by atoms with Crippen LogP contribution in [0.4, 0.5) is 11.4 Å². The highest BCUT2D eigenvalue weighted by Crippen LogP contribution is 2.18. The summed E-state index contributed by atoms with van der Waals surface area (Å²) in [6.07, 6.45) is 8.00. The van der Waals surface area contributed by atoms with Gasteiger partial charge in [-0.3, -0.25) is 0 Å². The van der Waals surface area contributed by atoms with Gasteiger partial charge in [0.1, 0.15) is 0 Å². The van der Waals surface area contributed by atoms with E-state index in [4.69, 9.17) is 5.73 Å². The van der Waals surface area contributed by atoms with Crippen LogP contribution in [0.1, 0.15) is 0 Å². The maximum Gasteiger partial charge on any atom is 0.0452 e. The molecular weight excluding hydrogens is 174 g/mol. The molecule has 1 aromatic rings. The monoisotopic (exact) mass is 187 g/mol. The summed E-state index contributed by atoms with van der Waals surface area (Å²) < 4.78 is 0. The van der Waals surface area contributed by atoms with Gasteiger partial charge in [0.25, 0.3) is 0 Å². The van der Waals surface area contributed by atoms with Crippen molar-refractivity contribution >= 4 is 11.4 Å². The van der Waals surface area contributed by atoms with Crippen molar-refractivity contribution in [2.24, 2.45) is 0 Å². The second kappa shape index (κ2) is 3.46. The molecule has 0 spiro atoms. The molecule has 0 saturated heterocycles. The lowest BCUT2D eigenvalue weighted by Gasteiger charge is -2.22. The van der Waals surface area contributed by atoms with Crippen molar-refractivity contribution in [2.45, 2.75) is 0 Å². The molecule has 0 bridgehead atoms. The minimum Gasteiger partial charge on any atom is -0.399 e. The highest BCUT2D eigenvalue weighted by atomic mass is 15.2. The Kier molecular flexibility index (Phi) is 2.14. The van der Waals surface area contributed by atoms with Gasteiger partial charge in [-0.25, -0.2) is 0 Å². The van der Waals surface area contributed by atoms with Gasteiger partial charge in [-0.2, -0.15) is 0 Å². The van der Waals surface area contributed by atoms with Gasteiger partial charge >= 0.3 is 0 Å². The fraction of sp³-hybridized carbons (Fsp3) is 0.0909. The van der Waals surface area contributed by atoms with Crippen molar-refractivity contribution in [1.82, 2.24) is 4.90 Å². The van der Waals surface area contributed by atoms with E-state index >= 15 is 0 Å². The third-order valence-corrected chi connectivity index (χ3v) is 2.12. The molecule has 2 rings (SSSR count). The van der Waals surface area contributed by atoms with Gasteiger partial charge in [0.15, 0.2) is 0 Å². The molecule has 1 aliphatic rings. The normalized spacial score (nSPS) is 14.9. The van der Waals surface area contributed by atoms with Crippen LogP contribution in [0.5, 0.6) is 0 Å². The average Bonchev–Trinajstić information content (AvgIpc) is 2.21. The fourth-order valence-corrected chi connectivity index (χ4v) is 1.27. The van der Waals surface area contributed by atoms with Crippen LogP contribution in [0.3, 0.4) is 0 Å². The standard InChI is InChI=1S/C11H13N3/c1-13-6-8-14(9-7-13)11-4-2-10(12)3-5-11/h2-9H,12H2,1H3. The Balaban J connectivity index is 2.20. The third-order valence-electron chi connectivity index (χ3n) is 2.12. The minimum absolute atomic E-state index is 0.788. The number of anilines is 2. The van der Waals surface area contributed by atoms with Gasteiger partial charge in [-0.15, -0.1) is 0 Å². The number of hydrogen-bond donors (Lipinski definition) is 1. The van der Waals surface area contributed by atoms with E-state index in [0.717, 1.165) is 11.4 Å². The van der Waals surface area contributed by atoms with E-state index in [1.165, 1.54) is 0 Å². The molecule has 0 aliphatic carbocycles. The number of hydrogen-bond acceptors (Lipinski definition) is 3. The number of nitrogens with zero attached hydrogens (tertiary/aromatic N) is 2. The summed E-state index contributed by atoms with van der Waals surface area (Å²) in [5.41, 5.74) is 7.51. The molecule has 2 N–H and O–H groups in total. The van der Waals surface area contributed by atoms with E-state index in [9.17, 15) is 0 Å². The number of rotatable bonds is 1. The lowest BCUT2D eigenvalue weighted by Crippen LogP contribution is -2.15. The first-order valence-corrected chi connectivity index (χ1v) is 4.48. The summed E-state index contributed by atoms with van der Waals surface area (Å²) in [4.78, 5) is 4.03. The van der Waals surface area contributed by atoms with Crippen molar-refractivity contribution in [3.8, 4) is 0 Å². The molecule has 1 heterocycles. The van der Waals surface area contributed by atoms with E-state index in [0.29, 0.717) is 0 Å². The molecule has 0 amide bonds. The Morgan fingerprint density at radius 2 is 1.50 bits per heavy atom. The van der Waals surface area contributed by atoms with Crippen molar-refractivity contribution < 1.29 is 0 Å². The summed E-state index contributed by atoms with van der Waals surface area (Å²) in [5, 5.41) is 0. The minimum atomic E-state index is 0.788. The van der Waals surface area contributed by atoms with Crippen molar-refractivity contribution in [1.29, 1.82) is 0 Å². The predicted molar refractivity (Wildman–Crippen MR) is 59.4 cm³/mol. The highest BCUT2D eigenvalue weighted by Gasteiger charge is 2.02. The van der Waals surface area contributed by atoms with E-state index in [2.05, 4.69) is 0 Å². The van der Waals surface area contributed by atoms with Crippen molar-refractivity contribution in [3.63, 3.8) is 0 Å². The number of nitrogen functional groups attached to an aromatic ring is 1. The largest absolute Gasteiger partial charge is 0.399 e. The zero-order chi connectivity index (χ0) is 9.97. The Bertz CT molecular complexity index is 351. The summed E-state index contributed by atoms with van der Waals surface area (Å²) in [6.45, 7) is 0. The average molecular weight is 187 g/mol. The summed E-state index contributed by atoms with van der Waals surface area (Å²) in [7, 11) is 1.99. The van der Waals surface area contributed by atoms with E-state index in [-0.39, 0.29) is 0 Å². The highest BCUT2D eigenvalue weighted by molar-refractivity contribution is 5.57. The van der Waals surface area contributed by atoms with Gasteiger partial charge in [0, 0.05) is 43.2 Å². The molecule has 72 valence electrons. The molecule has 1 aliphatic heterocycles. The fourth-order valence-electron chi connectivity index (χ4n) is 1.27. The first kappa shape index (κ1) is 8.69.